The first kappa shape index (κ1) is 18.8. The van der Waals surface area contributed by atoms with E-state index in [1.54, 1.807) is 18.3 Å². The summed E-state index contributed by atoms with van der Waals surface area (Å²) in [6, 6.07) is 9.81. The predicted molar refractivity (Wildman–Crippen MR) is 114 cm³/mol. The van der Waals surface area contributed by atoms with E-state index in [-0.39, 0.29) is 11.8 Å². The molecule has 3 fully saturated rings. The van der Waals surface area contributed by atoms with Crippen LogP contribution in [-0.2, 0) is 4.79 Å². The first-order chi connectivity index (χ1) is 14.6. The Hall–Kier alpha value is -3.16. The highest BCUT2D eigenvalue weighted by atomic mass is 16.2. The number of piperazine rings is 1. The van der Waals surface area contributed by atoms with Gasteiger partial charge in [0.25, 0.3) is 5.91 Å². The largest absolute Gasteiger partial charge is 0.352 e. The molecule has 3 heterocycles. The highest BCUT2D eigenvalue weighted by Crippen LogP contribution is 2.38. The molecule has 1 saturated carbocycles. The fraction of sp³-hybridized carbons (Fsp3) is 0.455. The summed E-state index contributed by atoms with van der Waals surface area (Å²) in [5.41, 5.74) is 1.44. The topological polar surface area (TPSA) is 90.5 Å². The Morgan fingerprint density at radius 2 is 1.90 bits per heavy atom. The van der Waals surface area contributed by atoms with Gasteiger partial charge in [-0.1, -0.05) is 0 Å². The van der Waals surface area contributed by atoms with Crippen molar-refractivity contribution in [2.75, 3.05) is 29.9 Å². The van der Waals surface area contributed by atoms with Crippen LogP contribution >= 0.6 is 0 Å². The molecule has 5 rings (SSSR count). The number of hydrogen-bond acceptors (Lipinski definition) is 6. The summed E-state index contributed by atoms with van der Waals surface area (Å²) in [5.74, 6) is 1.96. The highest BCUT2D eigenvalue weighted by molar-refractivity contribution is 5.94. The molecule has 30 heavy (non-hydrogen) atoms. The van der Waals surface area contributed by atoms with Crippen molar-refractivity contribution in [3.63, 3.8) is 0 Å². The van der Waals surface area contributed by atoms with Gasteiger partial charge in [-0.2, -0.15) is 4.98 Å². The molecule has 0 spiro atoms. The lowest BCUT2D eigenvalue weighted by Crippen LogP contribution is -2.49. The maximum atomic E-state index is 12.4. The molecule has 2 amide bonds. The van der Waals surface area contributed by atoms with Crippen LogP contribution in [0.3, 0.4) is 0 Å². The monoisotopic (exact) mass is 406 g/mol. The number of nitrogens with one attached hydrogen (secondary N) is 2. The van der Waals surface area contributed by atoms with Crippen molar-refractivity contribution < 1.29 is 9.59 Å². The molecule has 2 N–H and O–H groups in total. The lowest BCUT2D eigenvalue weighted by molar-refractivity contribution is -0.133. The SMILES string of the molecule is CCNC(=O)c1ccc(Nc2nccc(N3C[C@@H]4C[C@H]3CN4C(=O)C3CC3)n2)cc1. The first-order valence-corrected chi connectivity index (χ1v) is 10.7. The second-order valence-electron chi connectivity index (χ2n) is 8.26. The standard InChI is InChI=1S/C22H26N6O2/c1-2-23-20(29)14-5-7-16(8-6-14)25-22-24-10-9-19(26-22)27-12-18-11-17(27)13-28(18)21(30)15-3-4-15/h5-10,15,17-18H,2-4,11-13H2,1H3,(H,23,29)(H,24,25,26)/t17-,18-/m0/s1. The van der Waals surface area contributed by atoms with Crippen LogP contribution in [0.15, 0.2) is 36.5 Å². The predicted octanol–water partition coefficient (Wildman–Crippen LogP) is 2.17. The third-order valence-corrected chi connectivity index (χ3v) is 6.13. The summed E-state index contributed by atoms with van der Waals surface area (Å²) in [7, 11) is 0. The number of likely N-dealkylation sites (tertiary alicyclic amines) is 1. The van der Waals surface area contributed by atoms with Crippen LogP contribution in [0.4, 0.5) is 17.5 Å². The molecule has 2 bridgehead atoms. The molecule has 2 aliphatic heterocycles. The Morgan fingerprint density at radius 1 is 1.10 bits per heavy atom. The van der Waals surface area contributed by atoms with Crippen LogP contribution in [0, 0.1) is 5.92 Å². The Labute approximate surface area is 175 Å². The number of carbonyl (C=O) groups is 2. The van der Waals surface area contributed by atoms with E-state index in [9.17, 15) is 9.59 Å². The van der Waals surface area contributed by atoms with Gasteiger partial charge in [0.1, 0.15) is 5.82 Å². The highest BCUT2D eigenvalue weighted by Gasteiger charge is 2.48. The molecular formula is C22H26N6O2. The maximum Gasteiger partial charge on any atom is 0.251 e. The van der Waals surface area contributed by atoms with E-state index in [0.717, 1.165) is 43.9 Å². The zero-order valence-corrected chi connectivity index (χ0v) is 17.0. The minimum atomic E-state index is -0.0828. The smallest absolute Gasteiger partial charge is 0.251 e. The van der Waals surface area contributed by atoms with Gasteiger partial charge >= 0.3 is 0 Å². The van der Waals surface area contributed by atoms with Gasteiger partial charge in [0.2, 0.25) is 11.9 Å². The summed E-state index contributed by atoms with van der Waals surface area (Å²) in [6.45, 7) is 4.13. The summed E-state index contributed by atoms with van der Waals surface area (Å²) >= 11 is 0. The molecule has 1 aliphatic carbocycles. The maximum absolute atomic E-state index is 12.4. The average molecular weight is 406 g/mol. The number of nitrogens with zero attached hydrogens (tertiary/aromatic N) is 4. The number of carbonyl (C=O) groups excluding carboxylic acids is 2. The van der Waals surface area contributed by atoms with Crippen LogP contribution in [0.5, 0.6) is 0 Å². The molecule has 0 unspecified atom stereocenters. The normalized spacial score (nSPS) is 22.3. The summed E-state index contributed by atoms with van der Waals surface area (Å²) in [6.07, 6.45) is 4.89. The molecule has 3 aliphatic rings. The Bertz CT molecular complexity index is 958. The van der Waals surface area contributed by atoms with Gasteiger partial charge in [-0.25, -0.2) is 4.98 Å². The van der Waals surface area contributed by atoms with Gasteiger partial charge in [-0.05, 0) is 56.5 Å². The molecule has 2 saturated heterocycles. The van der Waals surface area contributed by atoms with Crippen molar-refractivity contribution in [1.29, 1.82) is 0 Å². The molecule has 1 aromatic heterocycles. The minimum absolute atomic E-state index is 0.0828. The molecule has 8 heteroatoms. The van der Waals surface area contributed by atoms with Gasteiger partial charge in [0.15, 0.2) is 0 Å². The Kier molecular flexibility index (Phi) is 4.77. The van der Waals surface area contributed by atoms with Crippen LogP contribution < -0.4 is 15.5 Å². The molecular weight excluding hydrogens is 380 g/mol. The zero-order valence-electron chi connectivity index (χ0n) is 17.0. The van der Waals surface area contributed by atoms with Crippen molar-refractivity contribution in [3.8, 4) is 0 Å². The number of aromatic nitrogens is 2. The van der Waals surface area contributed by atoms with Gasteiger partial charge in [0.05, 0.1) is 12.1 Å². The van der Waals surface area contributed by atoms with Gasteiger partial charge in [-0.15, -0.1) is 0 Å². The number of rotatable bonds is 6. The third-order valence-electron chi connectivity index (χ3n) is 6.13. The number of amides is 2. The fourth-order valence-electron chi connectivity index (χ4n) is 4.45. The minimum Gasteiger partial charge on any atom is -0.352 e. The van der Waals surface area contributed by atoms with Crippen molar-refractivity contribution in [3.05, 3.63) is 42.1 Å². The Morgan fingerprint density at radius 3 is 2.57 bits per heavy atom. The quantitative estimate of drug-likeness (QED) is 0.764. The van der Waals surface area contributed by atoms with Crippen molar-refractivity contribution in [2.24, 2.45) is 5.92 Å². The molecule has 0 radical (unpaired) electrons. The second-order valence-corrected chi connectivity index (χ2v) is 8.26. The van der Waals surface area contributed by atoms with E-state index in [0.29, 0.717) is 36.0 Å². The van der Waals surface area contributed by atoms with Gasteiger partial charge in [-0.3, -0.25) is 9.59 Å². The van der Waals surface area contributed by atoms with E-state index in [2.05, 4.69) is 25.4 Å². The number of fused-ring (bicyclic) bond motifs is 2. The average Bonchev–Trinajstić information content (AvgIpc) is 3.42. The molecule has 1 aromatic carbocycles. The van der Waals surface area contributed by atoms with Crippen LogP contribution in [-0.4, -0.2) is 58.4 Å². The van der Waals surface area contributed by atoms with Gasteiger partial charge < -0.3 is 20.4 Å². The van der Waals surface area contributed by atoms with Crippen LogP contribution in [0.25, 0.3) is 0 Å². The van der Waals surface area contributed by atoms with E-state index < -0.39 is 0 Å². The fourth-order valence-corrected chi connectivity index (χ4v) is 4.45. The van der Waals surface area contributed by atoms with E-state index in [1.165, 1.54) is 0 Å². The molecule has 8 nitrogen and oxygen atoms in total. The lowest BCUT2D eigenvalue weighted by atomic mass is 10.2. The van der Waals surface area contributed by atoms with Crippen LogP contribution in [0.2, 0.25) is 0 Å². The summed E-state index contributed by atoms with van der Waals surface area (Å²) in [5, 5.41) is 6.00. The van der Waals surface area contributed by atoms with Crippen molar-refractivity contribution in [2.45, 2.75) is 38.3 Å². The van der Waals surface area contributed by atoms with E-state index in [4.69, 9.17) is 4.98 Å². The molecule has 156 valence electrons. The Balaban J connectivity index is 1.24. The summed E-state index contributed by atoms with van der Waals surface area (Å²) in [4.78, 5) is 37.8. The van der Waals surface area contributed by atoms with Crippen molar-refractivity contribution in [1.82, 2.24) is 20.2 Å². The first-order valence-electron chi connectivity index (χ1n) is 10.7. The molecule has 2 aromatic rings. The number of anilines is 3. The zero-order chi connectivity index (χ0) is 20.7. The number of hydrogen-bond donors (Lipinski definition) is 2. The van der Waals surface area contributed by atoms with E-state index >= 15 is 0 Å². The molecule has 2 atom stereocenters. The number of benzene rings is 1. The third kappa shape index (κ3) is 3.58. The van der Waals surface area contributed by atoms with E-state index in [1.807, 2.05) is 25.1 Å². The van der Waals surface area contributed by atoms with Crippen LogP contribution in [0.1, 0.15) is 36.5 Å². The summed E-state index contributed by atoms with van der Waals surface area (Å²) < 4.78 is 0. The van der Waals surface area contributed by atoms with Gasteiger partial charge in [0, 0.05) is 43.0 Å². The van der Waals surface area contributed by atoms with Crippen molar-refractivity contribution >= 4 is 29.3 Å². The lowest BCUT2D eigenvalue weighted by Gasteiger charge is -2.35. The second kappa shape index (κ2) is 7.59.